The van der Waals surface area contributed by atoms with Crippen molar-refractivity contribution in [3.05, 3.63) is 17.5 Å². The zero-order valence-corrected chi connectivity index (χ0v) is 11.4. The highest BCUT2D eigenvalue weighted by Crippen LogP contribution is 2.21. The molecular weight excluding hydrogens is 268 g/mol. The zero-order valence-electron chi connectivity index (χ0n) is 8.92. The van der Waals surface area contributed by atoms with Crippen molar-refractivity contribution in [3.63, 3.8) is 0 Å². The van der Waals surface area contributed by atoms with E-state index in [4.69, 9.17) is 0 Å². The van der Waals surface area contributed by atoms with Crippen LogP contribution in [0.15, 0.2) is 21.7 Å². The summed E-state index contributed by atoms with van der Waals surface area (Å²) in [5.41, 5.74) is 0. The third-order valence-electron chi connectivity index (χ3n) is 2.42. The van der Waals surface area contributed by atoms with Crippen LogP contribution in [-0.2, 0) is 10.0 Å². The summed E-state index contributed by atoms with van der Waals surface area (Å²) in [6.07, 6.45) is 0. The fraction of sp³-hybridized carbons (Fsp3) is 0.556. The Bertz CT molecular complexity index is 419. The first kappa shape index (κ1) is 13.9. The number of nitrogens with one attached hydrogen (secondary N) is 1. The monoisotopic (exact) mass is 282 g/mol. The van der Waals surface area contributed by atoms with Crippen molar-refractivity contribution in [1.82, 2.24) is 9.62 Å². The van der Waals surface area contributed by atoms with Gasteiger partial charge in [-0.25, -0.2) is 8.42 Å². The Labute approximate surface area is 106 Å². The highest BCUT2D eigenvalue weighted by atomic mass is 35.5. The SMILES string of the molecule is C[C@H]1CN(S(=O)(=O)c2cccs2)CCN1.Cl. The summed E-state index contributed by atoms with van der Waals surface area (Å²) in [6, 6.07) is 3.66. The molecule has 0 aromatic carbocycles. The van der Waals surface area contributed by atoms with E-state index in [9.17, 15) is 8.42 Å². The molecule has 0 aliphatic carbocycles. The van der Waals surface area contributed by atoms with E-state index in [1.54, 1.807) is 21.8 Å². The minimum atomic E-state index is -3.24. The number of thiophene rings is 1. The Morgan fingerprint density at radius 1 is 1.56 bits per heavy atom. The highest BCUT2D eigenvalue weighted by molar-refractivity contribution is 7.91. The molecule has 2 rings (SSSR count). The second-order valence-electron chi connectivity index (χ2n) is 3.65. The molecule has 1 aromatic heterocycles. The molecule has 4 nitrogen and oxygen atoms in total. The van der Waals surface area contributed by atoms with Gasteiger partial charge in [-0.3, -0.25) is 0 Å². The van der Waals surface area contributed by atoms with Gasteiger partial charge in [-0.05, 0) is 18.4 Å². The summed E-state index contributed by atoms with van der Waals surface area (Å²) in [5, 5.41) is 5.02. The van der Waals surface area contributed by atoms with Gasteiger partial charge < -0.3 is 5.32 Å². The first-order valence-corrected chi connectivity index (χ1v) is 7.20. The highest BCUT2D eigenvalue weighted by Gasteiger charge is 2.28. The van der Waals surface area contributed by atoms with Gasteiger partial charge >= 0.3 is 0 Å². The molecule has 0 radical (unpaired) electrons. The molecule has 1 atom stereocenters. The summed E-state index contributed by atoms with van der Waals surface area (Å²) in [6.45, 7) is 3.84. The number of rotatable bonds is 2. The standard InChI is InChI=1S/C9H14N2O2S2.ClH/c1-8-7-11(5-4-10-8)15(12,13)9-3-2-6-14-9;/h2-3,6,8,10H,4-5,7H2,1H3;1H/t8-;/m0./s1. The number of hydrogen-bond acceptors (Lipinski definition) is 4. The predicted octanol–water partition coefficient (Wildman–Crippen LogP) is 1.15. The quantitative estimate of drug-likeness (QED) is 0.885. The first-order valence-electron chi connectivity index (χ1n) is 4.88. The van der Waals surface area contributed by atoms with Crippen LogP contribution in [0.4, 0.5) is 0 Å². The average Bonchev–Trinajstić information content (AvgIpc) is 2.71. The van der Waals surface area contributed by atoms with E-state index in [1.165, 1.54) is 11.3 Å². The van der Waals surface area contributed by atoms with Crippen molar-refractivity contribution >= 4 is 33.8 Å². The minimum absolute atomic E-state index is 0. The Balaban J connectivity index is 0.00000128. The molecule has 0 bridgehead atoms. The van der Waals surface area contributed by atoms with E-state index in [1.807, 2.05) is 6.92 Å². The van der Waals surface area contributed by atoms with Crippen molar-refractivity contribution in [1.29, 1.82) is 0 Å². The fourth-order valence-electron chi connectivity index (χ4n) is 1.65. The van der Waals surface area contributed by atoms with Crippen LogP contribution in [0, 0.1) is 0 Å². The Kier molecular flexibility index (Phi) is 4.75. The molecule has 16 heavy (non-hydrogen) atoms. The maximum Gasteiger partial charge on any atom is 0.252 e. The van der Waals surface area contributed by atoms with E-state index < -0.39 is 10.0 Å². The lowest BCUT2D eigenvalue weighted by atomic mass is 10.3. The maximum atomic E-state index is 12.1. The molecule has 0 spiro atoms. The lowest BCUT2D eigenvalue weighted by molar-refractivity contribution is 0.311. The van der Waals surface area contributed by atoms with Gasteiger partial charge in [0, 0.05) is 25.7 Å². The molecule has 2 heterocycles. The van der Waals surface area contributed by atoms with Crippen molar-refractivity contribution < 1.29 is 8.42 Å². The van der Waals surface area contributed by atoms with Gasteiger partial charge in [0.1, 0.15) is 4.21 Å². The normalized spacial score (nSPS) is 22.7. The molecule has 1 aromatic rings. The first-order chi connectivity index (χ1) is 7.10. The van der Waals surface area contributed by atoms with Gasteiger partial charge in [0.2, 0.25) is 0 Å². The van der Waals surface area contributed by atoms with Crippen LogP contribution in [0.2, 0.25) is 0 Å². The third kappa shape index (κ3) is 2.75. The molecule has 1 N–H and O–H groups in total. The van der Waals surface area contributed by atoms with Crippen LogP contribution in [0.5, 0.6) is 0 Å². The summed E-state index contributed by atoms with van der Waals surface area (Å²) in [4.78, 5) is 0. The topological polar surface area (TPSA) is 49.4 Å². The molecule has 1 saturated heterocycles. The minimum Gasteiger partial charge on any atom is -0.312 e. The summed E-state index contributed by atoms with van der Waals surface area (Å²) in [5.74, 6) is 0. The van der Waals surface area contributed by atoms with E-state index in [-0.39, 0.29) is 18.4 Å². The van der Waals surface area contributed by atoms with Gasteiger partial charge in [0.05, 0.1) is 0 Å². The van der Waals surface area contributed by atoms with Crippen molar-refractivity contribution in [3.8, 4) is 0 Å². The van der Waals surface area contributed by atoms with Crippen LogP contribution < -0.4 is 5.32 Å². The number of hydrogen-bond donors (Lipinski definition) is 1. The number of halogens is 1. The Morgan fingerprint density at radius 2 is 2.31 bits per heavy atom. The lowest BCUT2D eigenvalue weighted by Crippen LogP contribution is -2.51. The van der Waals surface area contributed by atoms with Crippen molar-refractivity contribution in [2.24, 2.45) is 0 Å². The van der Waals surface area contributed by atoms with E-state index in [2.05, 4.69) is 5.32 Å². The molecule has 0 saturated carbocycles. The molecule has 0 unspecified atom stereocenters. The molecule has 1 aliphatic heterocycles. The Hall–Kier alpha value is -0.140. The van der Waals surface area contributed by atoms with Crippen LogP contribution in [0.1, 0.15) is 6.92 Å². The molecule has 1 aliphatic rings. The Morgan fingerprint density at radius 3 is 2.88 bits per heavy atom. The van der Waals surface area contributed by atoms with Gasteiger partial charge in [-0.15, -0.1) is 23.7 Å². The van der Waals surface area contributed by atoms with E-state index in [0.717, 1.165) is 6.54 Å². The second-order valence-corrected chi connectivity index (χ2v) is 6.76. The van der Waals surface area contributed by atoms with Crippen LogP contribution in [0.3, 0.4) is 0 Å². The van der Waals surface area contributed by atoms with E-state index >= 15 is 0 Å². The largest absolute Gasteiger partial charge is 0.312 e. The molecule has 7 heteroatoms. The third-order valence-corrected chi connectivity index (χ3v) is 5.66. The van der Waals surface area contributed by atoms with Gasteiger partial charge in [-0.2, -0.15) is 4.31 Å². The van der Waals surface area contributed by atoms with E-state index in [0.29, 0.717) is 17.3 Å². The molecule has 1 fully saturated rings. The number of sulfonamides is 1. The summed E-state index contributed by atoms with van der Waals surface area (Å²) < 4.78 is 26.2. The van der Waals surface area contributed by atoms with Gasteiger partial charge in [0.15, 0.2) is 0 Å². The van der Waals surface area contributed by atoms with Crippen LogP contribution in [-0.4, -0.2) is 38.4 Å². The summed E-state index contributed by atoms with van der Waals surface area (Å²) in [7, 11) is -3.24. The van der Waals surface area contributed by atoms with Crippen LogP contribution >= 0.6 is 23.7 Å². The number of nitrogens with zero attached hydrogens (tertiary/aromatic N) is 1. The average molecular weight is 283 g/mol. The molecule has 92 valence electrons. The number of piperazine rings is 1. The maximum absolute atomic E-state index is 12.1. The van der Waals surface area contributed by atoms with Crippen LogP contribution in [0.25, 0.3) is 0 Å². The summed E-state index contributed by atoms with van der Waals surface area (Å²) >= 11 is 1.27. The predicted molar refractivity (Wildman–Crippen MR) is 67.8 cm³/mol. The van der Waals surface area contributed by atoms with Crippen molar-refractivity contribution in [2.45, 2.75) is 17.2 Å². The van der Waals surface area contributed by atoms with Gasteiger partial charge in [0.25, 0.3) is 10.0 Å². The zero-order chi connectivity index (χ0) is 10.9. The second kappa shape index (κ2) is 5.46. The smallest absolute Gasteiger partial charge is 0.252 e. The molecule has 0 amide bonds. The molecular formula is C9H15ClN2O2S2. The van der Waals surface area contributed by atoms with Gasteiger partial charge in [-0.1, -0.05) is 6.07 Å². The van der Waals surface area contributed by atoms with Crippen molar-refractivity contribution in [2.75, 3.05) is 19.6 Å². The fourth-order valence-corrected chi connectivity index (χ4v) is 4.33. The lowest BCUT2D eigenvalue weighted by Gasteiger charge is -2.30.